The van der Waals surface area contributed by atoms with E-state index in [2.05, 4.69) is 15.4 Å². The van der Waals surface area contributed by atoms with Crippen molar-refractivity contribution < 1.29 is 13.2 Å². The lowest BCUT2D eigenvalue weighted by Gasteiger charge is -2.24. The van der Waals surface area contributed by atoms with Gasteiger partial charge < -0.3 is 10.2 Å². The van der Waals surface area contributed by atoms with Crippen LogP contribution < -0.4 is 5.32 Å². The van der Waals surface area contributed by atoms with E-state index in [1.54, 1.807) is 10.9 Å². The third-order valence-corrected chi connectivity index (χ3v) is 3.25. The summed E-state index contributed by atoms with van der Waals surface area (Å²) in [6.45, 7) is 0.424. The smallest absolute Gasteiger partial charge is 0.368 e. The zero-order valence-corrected chi connectivity index (χ0v) is 12.6. The molecule has 0 bridgehead atoms. The van der Waals surface area contributed by atoms with Gasteiger partial charge in [0.25, 0.3) is 0 Å². The fourth-order valence-electron chi connectivity index (χ4n) is 2.10. The van der Waals surface area contributed by atoms with Crippen molar-refractivity contribution in [3.8, 4) is 0 Å². The van der Waals surface area contributed by atoms with Crippen LogP contribution in [0.15, 0.2) is 30.6 Å². The molecule has 0 aliphatic carbocycles. The molecule has 0 spiro atoms. The molecule has 120 valence electrons. The largest absolute Gasteiger partial charge is 0.433 e. The molecule has 0 amide bonds. The second-order valence-electron chi connectivity index (χ2n) is 5.21. The van der Waals surface area contributed by atoms with E-state index in [4.69, 9.17) is 0 Å². The number of rotatable bonds is 5. The van der Waals surface area contributed by atoms with E-state index in [1.165, 1.54) is 12.1 Å². The second-order valence-corrected chi connectivity index (χ2v) is 5.21. The SMILES string of the molecule is CN(C)C(CNc1cccc(C(F)(F)F)n1)c1cnn(C)c1. The number of likely N-dealkylation sites (N-methyl/N-ethyl adjacent to an activating group) is 1. The van der Waals surface area contributed by atoms with Gasteiger partial charge >= 0.3 is 6.18 Å². The first-order valence-electron chi connectivity index (χ1n) is 6.70. The van der Waals surface area contributed by atoms with Gasteiger partial charge in [0, 0.05) is 25.4 Å². The molecule has 0 aliphatic rings. The molecule has 2 aromatic rings. The van der Waals surface area contributed by atoms with Crippen LogP contribution in [0.4, 0.5) is 19.0 Å². The molecular formula is C14H18F3N5. The van der Waals surface area contributed by atoms with Crippen LogP contribution in [0.25, 0.3) is 0 Å². The number of nitrogens with one attached hydrogen (secondary N) is 1. The molecule has 2 heterocycles. The van der Waals surface area contributed by atoms with Crippen molar-refractivity contribution in [3.05, 3.63) is 41.9 Å². The summed E-state index contributed by atoms with van der Waals surface area (Å²) in [4.78, 5) is 5.57. The number of hydrogen-bond acceptors (Lipinski definition) is 4. The van der Waals surface area contributed by atoms with Gasteiger partial charge in [0.05, 0.1) is 12.2 Å². The second kappa shape index (κ2) is 6.35. The molecule has 1 N–H and O–H groups in total. The molecule has 0 aliphatic heterocycles. The summed E-state index contributed by atoms with van der Waals surface area (Å²) in [5.41, 5.74) is 0.0762. The highest BCUT2D eigenvalue weighted by atomic mass is 19.4. The highest BCUT2D eigenvalue weighted by molar-refractivity contribution is 5.36. The Bertz CT molecular complexity index is 621. The number of nitrogens with zero attached hydrogens (tertiary/aromatic N) is 4. The summed E-state index contributed by atoms with van der Waals surface area (Å²) in [7, 11) is 5.62. The number of halogens is 3. The Labute approximate surface area is 126 Å². The minimum absolute atomic E-state index is 0.0231. The number of pyridine rings is 1. The Morgan fingerprint density at radius 3 is 2.59 bits per heavy atom. The number of aromatic nitrogens is 3. The van der Waals surface area contributed by atoms with Crippen molar-refractivity contribution >= 4 is 5.82 Å². The maximum Gasteiger partial charge on any atom is 0.433 e. The predicted molar refractivity (Wildman–Crippen MR) is 77.4 cm³/mol. The molecule has 2 aromatic heterocycles. The lowest BCUT2D eigenvalue weighted by Crippen LogP contribution is -2.27. The van der Waals surface area contributed by atoms with E-state index in [1.807, 2.05) is 32.2 Å². The number of anilines is 1. The number of aryl methyl sites for hydroxylation is 1. The van der Waals surface area contributed by atoms with Gasteiger partial charge in [-0.2, -0.15) is 18.3 Å². The summed E-state index contributed by atoms with van der Waals surface area (Å²) in [5, 5.41) is 7.08. The van der Waals surface area contributed by atoms with Crippen molar-refractivity contribution in [1.29, 1.82) is 0 Å². The molecule has 2 rings (SSSR count). The molecule has 1 unspecified atom stereocenters. The van der Waals surface area contributed by atoms with Gasteiger partial charge in [0.15, 0.2) is 0 Å². The third kappa shape index (κ3) is 3.97. The first-order valence-corrected chi connectivity index (χ1v) is 6.70. The van der Waals surface area contributed by atoms with E-state index < -0.39 is 11.9 Å². The van der Waals surface area contributed by atoms with Crippen molar-refractivity contribution in [2.75, 3.05) is 26.0 Å². The quantitative estimate of drug-likeness (QED) is 0.921. The monoisotopic (exact) mass is 313 g/mol. The Morgan fingerprint density at radius 2 is 2.05 bits per heavy atom. The average molecular weight is 313 g/mol. The molecule has 5 nitrogen and oxygen atoms in total. The van der Waals surface area contributed by atoms with E-state index >= 15 is 0 Å². The minimum Gasteiger partial charge on any atom is -0.368 e. The van der Waals surface area contributed by atoms with Crippen LogP contribution in [0.1, 0.15) is 17.3 Å². The molecule has 0 fully saturated rings. The molecule has 8 heteroatoms. The van der Waals surface area contributed by atoms with E-state index in [-0.39, 0.29) is 11.9 Å². The lowest BCUT2D eigenvalue weighted by molar-refractivity contribution is -0.141. The highest BCUT2D eigenvalue weighted by Crippen LogP contribution is 2.28. The van der Waals surface area contributed by atoms with Gasteiger partial charge in [0.2, 0.25) is 0 Å². The maximum absolute atomic E-state index is 12.7. The van der Waals surface area contributed by atoms with E-state index in [9.17, 15) is 13.2 Å². The molecule has 22 heavy (non-hydrogen) atoms. The van der Waals surface area contributed by atoms with Crippen LogP contribution in [0.5, 0.6) is 0 Å². The molecule has 0 radical (unpaired) electrons. The fraction of sp³-hybridized carbons (Fsp3) is 0.429. The first kappa shape index (κ1) is 16.3. The summed E-state index contributed by atoms with van der Waals surface area (Å²) in [6, 6.07) is 3.79. The van der Waals surface area contributed by atoms with Crippen molar-refractivity contribution in [3.63, 3.8) is 0 Å². The average Bonchev–Trinajstić information content (AvgIpc) is 2.84. The highest BCUT2D eigenvalue weighted by Gasteiger charge is 2.32. The van der Waals surface area contributed by atoms with Crippen LogP contribution in [0.3, 0.4) is 0 Å². The Hall–Kier alpha value is -2.09. The Balaban J connectivity index is 2.10. The summed E-state index contributed by atoms with van der Waals surface area (Å²) in [5.74, 6) is 0.200. The van der Waals surface area contributed by atoms with E-state index in [0.29, 0.717) is 6.54 Å². The van der Waals surface area contributed by atoms with Crippen LogP contribution >= 0.6 is 0 Å². The van der Waals surface area contributed by atoms with E-state index in [0.717, 1.165) is 11.6 Å². The van der Waals surface area contributed by atoms with Gasteiger partial charge in [-0.15, -0.1) is 0 Å². The van der Waals surface area contributed by atoms with Crippen molar-refractivity contribution in [2.24, 2.45) is 7.05 Å². The zero-order valence-electron chi connectivity index (χ0n) is 12.6. The van der Waals surface area contributed by atoms with Crippen molar-refractivity contribution in [1.82, 2.24) is 19.7 Å². The number of alkyl halides is 3. The summed E-state index contributed by atoms with van der Waals surface area (Å²) >= 11 is 0. The van der Waals surface area contributed by atoms with Gasteiger partial charge in [-0.05, 0) is 26.2 Å². The lowest BCUT2D eigenvalue weighted by atomic mass is 10.1. The Morgan fingerprint density at radius 1 is 1.32 bits per heavy atom. The minimum atomic E-state index is -4.44. The molecule has 0 aromatic carbocycles. The molecular weight excluding hydrogens is 295 g/mol. The first-order chi connectivity index (χ1) is 10.3. The van der Waals surface area contributed by atoms with Crippen LogP contribution in [0.2, 0.25) is 0 Å². The molecule has 0 saturated carbocycles. The topological polar surface area (TPSA) is 46.0 Å². The van der Waals surface area contributed by atoms with Gasteiger partial charge in [-0.1, -0.05) is 6.07 Å². The molecule has 0 saturated heterocycles. The zero-order chi connectivity index (χ0) is 16.3. The predicted octanol–water partition coefficient (Wildman–Crippen LogP) is 2.55. The maximum atomic E-state index is 12.7. The van der Waals surface area contributed by atoms with Gasteiger partial charge in [-0.3, -0.25) is 4.68 Å². The van der Waals surface area contributed by atoms with Crippen molar-refractivity contribution in [2.45, 2.75) is 12.2 Å². The van der Waals surface area contributed by atoms with Crippen LogP contribution in [-0.2, 0) is 13.2 Å². The molecule has 1 atom stereocenters. The fourth-order valence-corrected chi connectivity index (χ4v) is 2.10. The van der Waals surface area contributed by atoms with Gasteiger partial charge in [-0.25, -0.2) is 4.98 Å². The summed E-state index contributed by atoms with van der Waals surface area (Å²) < 4.78 is 39.6. The normalized spacial score (nSPS) is 13.4. The number of hydrogen-bond donors (Lipinski definition) is 1. The third-order valence-electron chi connectivity index (χ3n) is 3.25. The standard InChI is InChI=1S/C14H18F3N5/c1-21(2)11(10-7-19-22(3)9-10)8-18-13-6-4-5-12(20-13)14(15,16)17/h4-7,9,11H,8H2,1-3H3,(H,18,20). The Kier molecular flexibility index (Phi) is 4.70. The summed E-state index contributed by atoms with van der Waals surface area (Å²) in [6.07, 6.45) is -0.820. The van der Waals surface area contributed by atoms with Gasteiger partial charge in [0.1, 0.15) is 11.5 Å². The van der Waals surface area contributed by atoms with Crippen LogP contribution in [-0.4, -0.2) is 40.3 Å². The van der Waals surface area contributed by atoms with Crippen LogP contribution in [0, 0.1) is 0 Å².